The maximum absolute atomic E-state index is 11.9. The van der Waals surface area contributed by atoms with Gasteiger partial charge >= 0.3 is 0 Å². The molecule has 0 aliphatic carbocycles. The highest BCUT2D eigenvalue weighted by atomic mass is 19.3. The quantitative estimate of drug-likeness (QED) is 0.756. The van der Waals surface area contributed by atoms with Gasteiger partial charge in [0.2, 0.25) is 0 Å². The molecule has 0 aliphatic heterocycles. The third kappa shape index (κ3) is 3.40. The number of benzene rings is 1. The second-order valence-electron chi connectivity index (χ2n) is 3.00. The first kappa shape index (κ1) is 11.1. The third-order valence-electron chi connectivity index (χ3n) is 1.96. The predicted molar refractivity (Wildman–Crippen MR) is 52.2 cm³/mol. The fourth-order valence-electron chi connectivity index (χ4n) is 1.25. The van der Waals surface area contributed by atoms with E-state index in [0.717, 1.165) is 5.56 Å². The monoisotopic (exact) mass is 200 g/mol. The molecule has 14 heavy (non-hydrogen) atoms. The van der Waals surface area contributed by atoms with Crippen LogP contribution in [0.5, 0.6) is 0 Å². The summed E-state index contributed by atoms with van der Waals surface area (Å²) in [5.41, 5.74) is 6.42. The molecule has 0 saturated carbocycles. The molecule has 0 spiro atoms. The van der Waals surface area contributed by atoms with E-state index in [2.05, 4.69) is 5.32 Å². The summed E-state index contributed by atoms with van der Waals surface area (Å²) in [5, 5.41) is 2.71. The molecule has 1 rings (SSSR count). The van der Waals surface area contributed by atoms with Crippen LogP contribution in [0.25, 0.3) is 0 Å². The summed E-state index contributed by atoms with van der Waals surface area (Å²) >= 11 is 0. The number of hydrogen-bond donors (Lipinski definition) is 2. The van der Waals surface area contributed by atoms with E-state index in [4.69, 9.17) is 5.73 Å². The molecule has 4 heteroatoms. The van der Waals surface area contributed by atoms with Crippen molar-refractivity contribution in [3.05, 3.63) is 35.9 Å². The molecule has 0 amide bonds. The van der Waals surface area contributed by atoms with Gasteiger partial charge in [0.05, 0.1) is 6.54 Å². The topological polar surface area (TPSA) is 38.0 Å². The van der Waals surface area contributed by atoms with Crippen LogP contribution in [-0.4, -0.2) is 19.5 Å². The highest BCUT2D eigenvalue weighted by molar-refractivity contribution is 5.19. The molecule has 0 aromatic heterocycles. The molecule has 1 aromatic rings. The van der Waals surface area contributed by atoms with Crippen LogP contribution in [-0.2, 0) is 0 Å². The number of nitrogens with two attached hydrogens (primary N) is 1. The molecule has 0 radical (unpaired) electrons. The zero-order chi connectivity index (χ0) is 10.4. The highest BCUT2D eigenvalue weighted by Gasteiger charge is 2.10. The van der Waals surface area contributed by atoms with Crippen LogP contribution in [0.4, 0.5) is 8.78 Å². The summed E-state index contributed by atoms with van der Waals surface area (Å²) < 4.78 is 23.9. The van der Waals surface area contributed by atoms with Crippen molar-refractivity contribution in [2.45, 2.75) is 12.5 Å². The Kier molecular flexibility index (Phi) is 4.49. The lowest BCUT2D eigenvalue weighted by Crippen LogP contribution is -2.31. The van der Waals surface area contributed by atoms with Crippen LogP contribution in [0.15, 0.2) is 30.3 Å². The Bertz CT molecular complexity index is 252. The maximum atomic E-state index is 11.9. The minimum Gasteiger partial charge on any atom is -0.329 e. The van der Waals surface area contributed by atoms with Gasteiger partial charge in [0.25, 0.3) is 6.43 Å². The largest absolute Gasteiger partial charge is 0.329 e. The van der Waals surface area contributed by atoms with Gasteiger partial charge in [0, 0.05) is 12.6 Å². The van der Waals surface area contributed by atoms with Gasteiger partial charge in [-0.1, -0.05) is 30.3 Å². The van der Waals surface area contributed by atoms with Crippen molar-refractivity contribution in [1.82, 2.24) is 5.32 Å². The summed E-state index contributed by atoms with van der Waals surface area (Å²) in [6.07, 6.45) is -2.34. The van der Waals surface area contributed by atoms with E-state index in [1.54, 1.807) is 0 Å². The van der Waals surface area contributed by atoms with Crippen molar-refractivity contribution in [1.29, 1.82) is 0 Å². The van der Waals surface area contributed by atoms with Crippen molar-refractivity contribution in [2.24, 2.45) is 5.73 Å². The molecule has 1 atom stereocenters. The smallest absolute Gasteiger partial charge is 0.250 e. The number of alkyl halides is 2. The number of hydrogen-bond acceptors (Lipinski definition) is 2. The van der Waals surface area contributed by atoms with E-state index < -0.39 is 6.43 Å². The molecule has 3 N–H and O–H groups in total. The van der Waals surface area contributed by atoms with Crippen LogP contribution in [0.3, 0.4) is 0 Å². The van der Waals surface area contributed by atoms with Crippen molar-refractivity contribution in [3.8, 4) is 0 Å². The van der Waals surface area contributed by atoms with E-state index >= 15 is 0 Å². The van der Waals surface area contributed by atoms with Crippen LogP contribution < -0.4 is 11.1 Å². The van der Waals surface area contributed by atoms with Crippen molar-refractivity contribution in [3.63, 3.8) is 0 Å². The van der Waals surface area contributed by atoms with Crippen molar-refractivity contribution < 1.29 is 8.78 Å². The lowest BCUT2D eigenvalue weighted by molar-refractivity contribution is 0.141. The maximum Gasteiger partial charge on any atom is 0.250 e. The minimum atomic E-state index is -2.34. The second-order valence-corrected chi connectivity index (χ2v) is 3.00. The van der Waals surface area contributed by atoms with Gasteiger partial charge in [-0.3, -0.25) is 0 Å². The molecule has 1 unspecified atom stereocenters. The second kappa shape index (κ2) is 5.67. The van der Waals surface area contributed by atoms with E-state index in [1.807, 2.05) is 30.3 Å². The highest BCUT2D eigenvalue weighted by Crippen LogP contribution is 2.10. The zero-order valence-corrected chi connectivity index (χ0v) is 7.79. The Labute approximate surface area is 82.1 Å². The normalized spacial score (nSPS) is 13.1. The Morgan fingerprint density at radius 1 is 1.21 bits per heavy atom. The van der Waals surface area contributed by atoms with Gasteiger partial charge in [-0.2, -0.15) is 0 Å². The molecule has 0 fully saturated rings. The predicted octanol–water partition coefficient (Wildman–Crippen LogP) is 1.54. The van der Waals surface area contributed by atoms with Gasteiger partial charge in [0.1, 0.15) is 0 Å². The van der Waals surface area contributed by atoms with Gasteiger partial charge in [-0.05, 0) is 5.56 Å². The summed E-state index contributed by atoms with van der Waals surface area (Å²) in [5.74, 6) is 0. The number of nitrogens with one attached hydrogen (secondary N) is 1. The Morgan fingerprint density at radius 2 is 1.86 bits per heavy atom. The zero-order valence-electron chi connectivity index (χ0n) is 7.79. The van der Waals surface area contributed by atoms with Crippen LogP contribution in [0, 0.1) is 0 Å². The van der Waals surface area contributed by atoms with Gasteiger partial charge in [0.15, 0.2) is 0 Å². The minimum absolute atomic E-state index is 0.190. The lowest BCUT2D eigenvalue weighted by atomic mass is 10.1. The van der Waals surface area contributed by atoms with E-state index in [1.165, 1.54) is 0 Å². The fourth-order valence-corrected chi connectivity index (χ4v) is 1.25. The van der Waals surface area contributed by atoms with Gasteiger partial charge < -0.3 is 11.1 Å². The molecule has 0 aliphatic rings. The first-order chi connectivity index (χ1) is 6.74. The third-order valence-corrected chi connectivity index (χ3v) is 1.96. The Hall–Kier alpha value is -1.00. The van der Waals surface area contributed by atoms with Crippen LogP contribution in [0.2, 0.25) is 0 Å². The number of rotatable bonds is 5. The molecule has 1 aromatic carbocycles. The molecule has 0 bridgehead atoms. The van der Waals surface area contributed by atoms with E-state index in [9.17, 15) is 8.78 Å². The van der Waals surface area contributed by atoms with Crippen LogP contribution in [0.1, 0.15) is 11.6 Å². The fraction of sp³-hybridized carbons (Fsp3) is 0.400. The summed E-state index contributed by atoms with van der Waals surface area (Å²) in [4.78, 5) is 0. The molecule has 2 nitrogen and oxygen atoms in total. The lowest BCUT2D eigenvalue weighted by Gasteiger charge is -2.16. The SMILES string of the molecule is NCC(NCC(F)F)c1ccccc1. The summed E-state index contributed by atoms with van der Waals surface area (Å²) in [6, 6.07) is 9.16. The average Bonchev–Trinajstić information content (AvgIpc) is 2.20. The van der Waals surface area contributed by atoms with Crippen molar-refractivity contribution in [2.75, 3.05) is 13.1 Å². The number of halogens is 2. The molecular formula is C10H14F2N2. The molecular weight excluding hydrogens is 186 g/mol. The average molecular weight is 200 g/mol. The summed E-state index contributed by atoms with van der Waals surface area (Å²) in [6.45, 7) is -0.00645. The first-order valence-corrected chi connectivity index (χ1v) is 4.50. The molecule has 78 valence electrons. The van der Waals surface area contributed by atoms with E-state index in [-0.39, 0.29) is 12.6 Å². The van der Waals surface area contributed by atoms with E-state index in [0.29, 0.717) is 6.54 Å². The first-order valence-electron chi connectivity index (χ1n) is 4.50. The van der Waals surface area contributed by atoms with Gasteiger partial charge in [-0.25, -0.2) is 8.78 Å². The molecule has 0 saturated heterocycles. The summed E-state index contributed by atoms with van der Waals surface area (Å²) in [7, 11) is 0. The Morgan fingerprint density at radius 3 is 2.36 bits per heavy atom. The van der Waals surface area contributed by atoms with Crippen LogP contribution >= 0.6 is 0 Å². The standard InChI is InChI=1S/C10H14F2N2/c11-10(12)7-14-9(6-13)8-4-2-1-3-5-8/h1-5,9-10,14H,6-7,13H2. The Balaban J connectivity index is 2.54. The van der Waals surface area contributed by atoms with Crippen molar-refractivity contribution >= 4 is 0 Å². The molecule has 0 heterocycles. The van der Waals surface area contributed by atoms with Gasteiger partial charge in [-0.15, -0.1) is 0 Å².